The number of nitrogens with zero attached hydrogens (tertiary/aromatic N) is 1. The largest absolute Gasteiger partial charge is 0.481 e. The third-order valence-electron chi connectivity index (χ3n) is 4.22. The number of amides is 2. The normalized spacial score (nSPS) is 18.9. The van der Waals surface area contributed by atoms with Gasteiger partial charge in [-0.15, -0.1) is 0 Å². The molecule has 20 heavy (non-hydrogen) atoms. The molecule has 1 saturated carbocycles. The van der Waals surface area contributed by atoms with E-state index < -0.39 is 11.5 Å². The lowest BCUT2D eigenvalue weighted by molar-refractivity contribution is -0.138. The van der Waals surface area contributed by atoms with Gasteiger partial charge < -0.3 is 15.3 Å². The molecule has 5 nitrogen and oxygen atoms in total. The van der Waals surface area contributed by atoms with Crippen LogP contribution in [0.4, 0.5) is 4.79 Å². The summed E-state index contributed by atoms with van der Waals surface area (Å²) in [5, 5.41) is 12.0. The number of carboxylic acid groups (broad SMARTS) is 1. The van der Waals surface area contributed by atoms with Gasteiger partial charge in [-0.05, 0) is 32.1 Å². The van der Waals surface area contributed by atoms with Crippen molar-refractivity contribution in [1.29, 1.82) is 0 Å². The summed E-state index contributed by atoms with van der Waals surface area (Å²) in [5.41, 5.74) is -0.547. The summed E-state index contributed by atoms with van der Waals surface area (Å²) in [7, 11) is 1.78. The van der Waals surface area contributed by atoms with Gasteiger partial charge in [0.25, 0.3) is 0 Å². The van der Waals surface area contributed by atoms with E-state index in [4.69, 9.17) is 5.11 Å². The van der Waals surface area contributed by atoms with Crippen LogP contribution in [0.15, 0.2) is 0 Å². The van der Waals surface area contributed by atoms with Gasteiger partial charge in [0.05, 0.1) is 12.0 Å². The molecule has 0 aliphatic heterocycles. The minimum absolute atomic E-state index is 0.0190. The molecule has 0 aromatic carbocycles. The second-order valence-corrected chi connectivity index (χ2v) is 6.58. The molecule has 0 saturated heterocycles. The molecule has 1 aliphatic carbocycles. The molecule has 0 heterocycles. The highest BCUT2D eigenvalue weighted by molar-refractivity contribution is 5.77. The lowest BCUT2D eigenvalue weighted by atomic mass is 9.93. The van der Waals surface area contributed by atoms with Crippen molar-refractivity contribution in [3.05, 3.63) is 0 Å². The summed E-state index contributed by atoms with van der Waals surface area (Å²) >= 11 is 0. The number of hydrogen-bond acceptors (Lipinski definition) is 2. The van der Waals surface area contributed by atoms with Crippen LogP contribution < -0.4 is 5.32 Å². The number of urea groups is 1. The molecule has 0 aromatic heterocycles. The lowest BCUT2D eigenvalue weighted by Crippen LogP contribution is -2.53. The van der Waals surface area contributed by atoms with Crippen molar-refractivity contribution in [2.75, 3.05) is 7.05 Å². The minimum Gasteiger partial charge on any atom is -0.481 e. The van der Waals surface area contributed by atoms with E-state index in [2.05, 4.69) is 19.2 Å². The Morgan fingerprint density at radius 2 is 1.80 bits per heavy atom. The highest BCUT2D eigenvalue weighted by atomic mass is 16.4. The van der Waals surface area contributed by atoms with Crippen LogP contribution in [0.3, 0.4) is 0 Å². The Hall–Kier alpha value is -1.26. The zero-order valence-corrected chi connectivity index (χ0v) is 13.1. The highest BCUT2D eigenvalue weighted by Gasteiger charge is 2.38. The van der Waals surface area contributed by atoms with Crippen molar-refractivity contribution >= 4 is 12.0 Å². The molecule has 5 heteroatoms. The first-order chi connectivity index (χ1) is 9.26. The fraction of sp³-hybridized carbons (Fsp3) is 0.867. The monoisotopic (exact) mass is 284 g/mol. The summed E-state index contributed by atoms with van der Waals surface area (Å²) in [6, 6.07) is -0.000388. The molecule has 1 aliphatic rings. The maximum atomic E-state index is 12.3. The molecule has 2 amide bonds. The van der Waals surface area contributed by atoms with E-state index in [0.29, 0.717) is 5.92 Å². The third kappa shape index (κ3) is 4.69. The van der Waals surface area contributed by atoms with E-state index in [9.17, 15) is 9.59 Å². The minimum atomic E-state index is -0.843. The van der Waals surface area contributed by atoms with E-state index in [1.54, 1.807) is 11.9 Å². The maximum absolute atomic E-state index is 12.3. The van der Waals surface area contributed by atoms with Gasteiger partial charge in [-0.2, -0.15) is 0 Å². The Kier molecular flexibility index (Phi) is 5.84. The predicted octanol–water partition coefficient (Wildman–Crippen LogP) is 2.85. The van der Waals surface area contributed by atoms with E-state index in [1.807, 2.05) is 6.92 Å². The smallest absolute Gasteiger partial charge is 0.317 e. The van der Waals surface area contributed by atoms with Crippen molar-refractivity contribution in [1.82, 2.24) is 10.2 Å². The van der Waals surface area contributed by atoms with Crippen molar-refractivity contribution in [3.63, 3.8) is 0 Å². The SMILES string of the molecule is CC(C)CC(C)N(C)C(=O)NC1(CC(=O)O)CCCC1. The number of aliphatic carboxylic acids is 1. The van der Waals surface area contributed by atoms with Gasteiger partial charge in [-0.25, -0.2) is 4.79 Å². The molecule has 116 valence electrons. The average molecular weight is 284 g/mol. The quantitative estimate of drug-likeness (QED) is 0.788. The van der Waals surface area contributed by atoms with Crippen LogP contribution in [-0.4, -0.2) is 40.6 Å². The molecule has 0 spiro atoms. The molecule has 2 N–H and O–H groups in total. The molecule has 0 bridgehead atoms. The molecule has 1 fully saturated rings. The average Bonchev–Trinajstić information content (AvgIpc) is 2.74. The van der Waals surface area contributed by atoms with Gasteiger partial charge in [0.1, 0.15) is 0 Å². The summed E-state index contributed by atoms with van der Waals surface area (Å²) in [6.45, 7) is 6.29. The fourth-order valence-corrected chi connectivity index (χ4v) is 3.04. The maximum Gasteiger partial charge on any atom is 0.317 e. The zero-order chi connectivity index (χ0) is 15.3. The fourth-order valence-electron chi connectivity index (χ4n) is 3.04. The summed E-state index contributed by atoms with van der Waals surface area (Å²) in [6.07, 6.45) is 4.45. The Labute approximate surface area is 121 Å². The van der Waals surface area contributed by atoms with Crippen LogP contribution in [0.25, 0.3) is 0 Å². The van der Waals surface area contributed by atoms with Gasteiger partial charge in [0.15, 0.2) is 0 Å². The molecular weight excluding hydrogens is 256 g/mol. The molecule has 1 rings (SSSR count). The van der Waals surface area contributed by atoms with Crippen molar-refractivity contribution in [3.8, 4) is 0 Å². The first kappa shape index (κ1) is 16.8. The van der Waals surface area contributed by atoms with Crippen LogP contribution in [0.2, 0.25) is 0 Å². The van der Waals surface area contributed by atoms with Crippen LogP contribution in [0.1, 0.15) is 59.3 Å². The molecular formula is C15H28N2O3. The van der Waals surface area contributed by atoms with Crippen molar-refractivity contribution in [2.24, 2.45) is 5.92 Å². The van der Waals surface area contributed by atoms with Gasteiger partial charge in [0.2, 0.25) is 0 Å². The van der Waals surface area contributed by atoms with E-state index in [1.165, 1.54) is 0 Å². The lowest BCUT2D eigenvalue weighted by Gasteiger charge is -2.34. The molecule has 0 radical (unpaired) electrons. The van der Waals surface area contributed by atoms with Crippen LogP contribution in [0, 0.1) is 5.92 Å². The number of hydrogen-bond donors (Lipinski definition) is 2. The van der Waals surface area contributed by atoms with E-state index >= 15 is 0 Å². The summed E-state index contributed by atoms with van der Waals surface area (Å²) in [4.78, 5) is 25.1. The second kappa shape index (κ2) is 6.95. The van der Waals surface area contributed by atoms with Gasteiger partial charge in [-0.3, -0.25) is 4.79 Å². The van der Waals surface area contributed by atoms with Gasteiger partial charge >= 0.3 is 12.0 Å². The highest BCUT2D eigenvalue weighted by Crippen LogP contribution is 2.32. The Morgan fingerprint density at radius 1 is 1.25 bits per heavy atom. The summed E-state index contributed by atoms with van der Waals surface area (Å²) in [5.74, 6) is -0.315. The number of carbonyl (C=O) groups excluding carboxylic acids is 1. The summed E-state index contributed by atoms with van der Waals surface area (Å²) < 4.78 is 0. The second-order valence-electron chi connectivity index (χ2n) is 6.58. The van der Waals surface area contributed by atoms with E-state index in [-0.39, 0.29) is 18.5 Å². The number of carbonyl (C=O) groups is 2. The predicted molar refractivity (Wildman–Crippen MR) is 78.7 cm³/mol. The van der Waals surface area contributed by atoms with E-state index in [0.717, 1.165) is 32.1 Å². The number of nitrogens with one attached hydrogen (secondary N) is 1. The van der Waals surface area contributed by atoms with Crippen molar-refractivity contribution in [2.45, 2.75) is 70.9 Å². The Bertz CT molecular complexity index is 349. The van der Waals surface area contributed by atoms with Crippen LogP contribution in [0.5, 0.6) is 0 Å². The molecule has 0 aromatic rings. The topological polar surface area (TPSA) is 69.6 Å². The van der Waals surface area contributed by atoms with Crippen LogP contribution in [-0.2, 0) is 4.79 Å². The molecule has 1 atom stereocenters. The van der Waals surface area contributed by atoms with Crippen LogP contribution >= 0.6 is 0 Å². The van der Waals surface area contributed by atoms with Gasteiger partial charge in [0, 0.05) is 13.1 Å². The Morgan fingerprint density at radius 3 is 2.25 bits per heavy atom. The number of carboxylic acids is 1. The first-order valence-corrected chi connectivity index (χ1v) is 7.52. The Balaban J connectivity index is 2.64. The third-order valence-corrected chi connectivity index (χ3v) is 4.22. The van der Waals surface area contributed by atoms with Gasteiger partial charge in [-0.1, -0.05) is 26.7 Å². The van der Waals surface area contributed by atoms with Crippen molar-refractivity contribution < 1.29 is 14.7 Å². The number of rotatable bonds is 6. The molecule has 1 unspecified atom stereocenters. The standard InChI is InChI=1S/C15H28N2O3/c1-11(2)9-12(3)17(4)14(20)16-15(10-13(18)19)7-5-6-8-15/h11-12H,5-10H2,1-4H3,(H,16,20)(H,18,19). The first-order valence-electron chi connectivity index (χ1n) is 7.52. The zero-order valence-electron chi connectivity index (χ0n) is 13.1.